The lowest BCUT2D eigenvalue weighted by Gasteiger charge is -2.24. The molecule has 2 aromatic heterocycles. The van der Waals surface area contributed by atoms with Crippen molar-refractivity contribution in [2.24, 2.45) is 0 Å². The minimum Gasteiger partial charge on any atom is -0.391 e. The largest absolute Gasteiger partial charge is 0.391 e. The van der Waals surface area contributed by atoms with E-state index in [9.17, 15) is 13.5 Å². The van der Waals surface area contributed by atoms with Crippen LogP contribution in [0.5, 0.6) is 0 Å². The highest BCUT2D eigenvalue weighted by atomic mass is 32.2. The van der Waals surface area contributed by atoms with Gasteiger partial charge in [0.2, 0.25) is 10.0 Å². The fourth-order valence-corrected chi connectivity index (χ4v) is 5.37. The van der Waals surface area contributed by atoms with Gasteiger partial charge in [0.15, 0.2) is 0 Å². The summed E-state index contributed by atoms with van der Waals surface area (Å²) in [6.07, 6.45) is 0.687. The van der Waals surface area contributed by atoms with Gasteiger partial charge in [-0.15, -0.1) is 22.7 Å². The van der Waals surface area contributed by atoms with Crippen LogP contribution in [-0.4, -0.2) is 30.9 Å². The van der Waals surface area contributed by atoms with Crippen LogP contribution >= 0.6 is 22.7 Å². The van der Waals surface area contributed by atoms with Crippen molar-refractivity contribution >= 4 is 32.7 Å². The number of aliphatic hydroxyl groups excluding tert-OH is 1. The minimum absolute atomic E-state index is 0.134. The van der Waals surface area contributed by atoms with Gasteiger partial charge >= 0.3 is 0 Å². The second-order valence-electron chi connectivity index (χ2n) is 4.52. The number of rotatable bonds is 6. The van der Waals surface area contributed by atoms with Gasteiger partial charge in [-0.05, 0) is 36.2 Å². The van der Waals surface area contributed by atoms with Crippen molar-refractivity contribution in [1.82, 2.24) is 4.31 Å². The van der Waals surface area contributed by atoms with Crippen LogP contribution in [-0.2, 0) is 23.1 Å². The molecule has 110 valence electrons. The SMILES string of the molecule is CC(Cc1cccs1)N(C)S(=O)(=O)c1ccsc1CO. The zero-order chi connectivity index (χ0) is 14.8. The Morgan fingerprint density at radius 1 is 1.30 bits per heavy atom. The molecule has 2 heterocycles. The summed E-state index contributed by atoms with van der Waals surface area (Å²) in [5, 5.41) is 12.9. The van der Waals surface area contributed by atoms with Gasteiger partial charge in [-0.3, -0.25) is 0 Å². The second-order valence-corrected chi connectivity index (χ2v) is 8.52. The first-order valence-electron chi connectivity index (χ1n) is 6.14. The van der Waals surface area contributed by atoms with Crippen LogP contribution in [0.15, 0.2) is 33.9 Å². The standard InChI is InChI=1S/C13H17NO3S3/c1-10(8-11-4-3-6-18-11)14(2)20(16,17)13-5-7-19-12(13)9-15/h3-7,10,15H,8-9H2,1-2H3. The van der Waals surface area contributed by atoms with Crippen LogP contribution in [0.25, 0.3) is 0 Å². The molecule has 0 amide bonds. The van der Waals surface area contributed by atoms with Crippen molar-refractivity contribution in [3.05, 3.63) is 38.7 Å². The van der Waals surface area contributed by atoms with E-state index in [1.165, 1.54) is 15.6 Å². The van der Waals surface area contributed by atoms with Crippen LogP contribution in [0, 0.1) is 0 Å². The lowest BCUT2D eigenvalue weighted by molar-refractivity contribution is 0.282. The zero-order valence-corrected chi connectivity index (χ0v) is 13.8. The Hall–Kier alpha value is -0.730. The third kappa shape index (κ3) is 3.12. The van der Waals surface area contributed by atoms with Crippen molar-refractivity contribution in [3.63, 3.8) is 0 Å². The Labute approximate surface area is 127 Å². The average molecular weight is 331 g/mol. The highest BCUT2D eigenvalue weighted by Gasteiger charge is 2.28. The second kappa shape index (κ2) is 6.36. The maximum absolute atomic E-state index is 12.6. The van der Waals surface area contributed by atoms with Gasteiger partial charge in [-0.25, -0.2) is 8.42 Å². The molecule has 0 spiro atoms. The molecule has 2 rings (SSSR count). The highest BCUT2D eigenvalue weighted by molar-refractivity contribution is 7.89. The van der Waals surface area contributed by atoms with E-state index in [4.69, 9.17) is 0 Å². The third-order valence-corrected chi connectivity index (χ3v) is 7.19. The van der Waals surface area contributed by atoms with Crippen molar-refractivity contribution < 1.29 is 13.5 Å². The van der Waals surface area contributed by atoms with Gasteiger partial charge in [-0.2, -0.15) is 4.31 Å². The fourth-order valence-electron chi connectivity index (χ4n) is 1.91. The maximum atomic E-state index is 12.6. The fraction of sp³-hybridized carbons (Fsp3) is 0.385. The number of sulfonamides is 1. The summed E-state index contributed by atoms with van der Waals surface area (Å²) in [6, 6.07) is 5.39. The monoisotopic (exact) mass is 331 g/mol. The number of aliphatic hydroxyl groups is 1. The Morgan fingerprint density at radius 2 is 2.05 bits per heavy atom. The first-order chi connectivity index (χ1) is 9.46. The lowest BCUT2D eigenvalue weighted by Crippen LogP contribution is -2.36. The molecule has 20 heavy (non-hydrogen) atoms. The van der Waals surface area contributed by atoms with Gasteiger partial charge in [0.05, 0.1) is 11.5 Å². The zero-order valence-electron chi connectivity index (χ0n) is 11.3. The van der Waals surface area contributed by atoms with E-state index < -0.39 is 10.0 Å². The number of hydrogen-bond acceptors (Lipinski definition) is 5. The molecule has 0 radical (unpaired) electrons. The molecular formula is C13H17NO3S3. The molecule has 7 heteroatoms. The first kappa shape index (κ1) is 15.7. The molecule has 0 aliphatic rings. The van der Waals surface area contributed by atoms with E-state index in [1.807, 2.05) is 24.4 Å². The minimum atomic E-state index is -3.55. The summed E-state index contributed by atoms with van der Waals surface area (Å²) in [7, 11) is -1.96. The van der Waals surface area contributed by atoms with Crippen molar-refractivity contribution in [1.29, 1.82) is 0 Å². The quantitative estimate of drug-likeness (QED) is 0.885. The number of likely N-dealkylation sites (N-methyl/N-ethyl adjacent to an activating group) is 1. The van der Waals surface area contributed by atoms with Crippen LogP contribution < -0.4 is 0 Å². The third-order valence-electron chi connectivity index (χ3n) is 3.20. The van der Waals surface area contributed by atoms with Crippen LogP contribution in [0.3, 0.4) is 0 Å². The normalized spacial score (nSPS) is 13.8. The molecule has 1 unspecified atom stereocenters. The van der Waals surface area contributed by atoms with Gasteiger partial charge in [0.25, 0.3) is 0 Å². The van der Waals surface area contributed by atoms with Crippen molar-refractivity contribution in [2.45, 2.75) is 30.9 Å². The summed E-state index contributed by atoms with van der Waals surface area (Å²) in [4.78, 5) is 1.86. The van der Waals surface area contributed by atoms with E-state index in [-0.39, 0.29) is 17.5 Å². The van der Waals surface area contributed by atoms with Crippen LogP contribution in [0.1, 0.15) is 16.7 Å². The molecule has 1 atom stereocenters. The Bertz CT molecular complexity index is 646. The summed E-state index contributed by atoms with van der Waals surface area (Å²) in [5.41, 5.74) is 0. The molecule has 1 N–H and O–H groups in total. The van der Waals surface area contributed by atoms with Gasteiger partial charge < -0.3 is 5.11 Å². The number of nitrogens with zero attached hydrogens (tertiary/aromatic N) is 1. The highest BCUT2D eigenvalue weighted by Crippen LogP contribution is 2.26. The summed E-state index contributed by atoms with van der Waals surface area (Å²) < 4.78 is 26.5. The Balaban J connectivity index is 2.20. The predicted octanol–water partition coefficient (Wildman–Crippen LogP) is 2.55. The van der Waals surface area contributed by atoms with E-state index in [0.717, 1.165) is 4.88 Å². The molecular weight excluding hydrogens is 314 g/mol. The molecule has 4 nitrogen and oxygen atoms in total. The summed E-state index contributed by atoms with van der Waals surface area (Å²) in [6.45, 7) is 1.64. The Morgan fingerprint density at radius 3 is 2.65 bits per heavy atom. The van der Waals surface area contributed by atoms with Crippen molar-refractivity contribution in [2.75, 3.05) is 7.05 Å². The van der Waals surface area contributed by atoms with Gasteiger partial charge in [0.1, 0.15) is 0 Å². The van der Waals surface area contributed by atoms with E-state index in [1.54, 1.807) is 29.8 Å². The molecule has 0 aliphatic heterocycles. The maximum Gasteiger partial charge on any atom is 0.244 e. The van der Waals surface area contributed by atoms with E-state index in [0.29, 0.717) is 11.3 Å². The number of thiophene rings is 2. The molecule has 0 fully saturated rings. The van der Waals surface area contributed by atoms with Gasteiger partial charge in [0, 0.05) is 22.8 Å². The topological polar surface area (TPSA) is 57.6 Å². The lowest BCUT2D eigenvalue weighted by atomic mass is 10.2. The number of hydrogen-bond donors (Lipinski definition) is 1. The average Bonchev–Trinajstić information content (AvgIpc) is 3.08. The van der Waals surface area contributed by atoms with E-state index in [2.05, 4.69) is 0 Å². The van der Waals surface area contributed by atoms with E-state index >= 15 is 0 Å². The smallest absolute Gasteiger partial charge is 0.244 e. The van der Waals surface area contributed by atoms with Gasteiger partial charge in [-0.1, -0.05) is 6.07 Å². The molecule has 2 aromatic rings. The predicted molar refractivity (Wildman–Crippen MR) is 82.7 cm³/mol. The summed E-state index contributed by atoms with van der Waals surface area (Å²) in [5.74, 6) is 0. The van der Waals surface area contributed by atoms with Crippen LogP contribution in [0.4, 0.5) is 0 Å². The van der Waals surface area contributed by atoms with Crippen LogP contribution in [0.2, 0.25) is 0 Å². The molecule has 0 bridgehead atoms. The first-order valence-corrected chi connectivity index (χ1v) is 9.34. The molecule has 0 saturated carbocycles. The molecule has 0 saturated heterocycles. The molecule has 0 aromatic carbocycles. The molecule has 0 aliphatic carbocycles. The van der Waals surface area contributed by atoms with Crippen molar-refractivity contribution in [3.8, 4) is 0 Å². The Kier molecular flexibility index (Phi) is 4.98. The summed E-state index contributed by atoms with van der Waals surface area (Å²) >= 11 is 2.88.